The van der Waals surface area contributed by atoms with Crippen LogP contribution in [0.4, 0.5) is 11.5 Å². The van der Waals surface area contributed by atoms with Gasteiger partial charge in [0.25, 0.3) is 0 Å². The molecule has 35 heavy (non-hydrogen) atoms. The molecule has 2 fully saturated rings. The van der Waals surface area contributed by atoms with E-state index in [9.17, 15) is 0 Å². The molecule has 5 nitrogen and oxygen atoms in total. The molecule has 1 saturated heterocycles. The molecule has 5 rings (SSSR count). The van der Waals surface area contributed by atoms with Gasteiger partial charge in [-0.25, -0.2) is 4.98 Å². The van der Waals surface area contributed by atoms with Crippen LogP contribution in [0.1, 0.15) is 44.1 Å². The summed E-state index contributed by atoms with van der Waals surface area (Å²) in [6.45, 7) is 2.06. The number of anilines is 2. The van der Waals surface area contributed by atoms with Gasteiger partial charge in [-0.3, -0.25) is 0 Å². The van der Waals surface area contributed by atoms with Crippen molar-refractivity contribution in [1.82, 2.24) is 10.3 Å². The zero-order valence-corrected chi connectivity index (χ0v) is 20.7. The van der Waals surface area contributed by atoms with E-state index in [4.69, 9.17) is 16.9 Å². The van der Waals surface area contributed by atoms with E-state index < -0.39 is 0 Å². The number of hydrogen-bond donors (Lipinski definition) is 2. The number of nitrogens with zero attached hydrogens (tertiary/aromatic N) is 3. The van der Waals surface area contributed by atoms with Gasteiger partial charge in [-0.15, -0.1) is 0 Å². The topological polar surface area (TPSA) is 64.0 Å². The lowest BCUT2D eigenvalue weighted by Crippen LogP contribution is -2.54. The van der Waals surface area contributed by atoms with Crippen LogP contribution in [0.3, 0.4) is 0 Å². The average Bonchev–Trinajstić information content (AvgIpc) is 2.90. The van der Waals surface area contributed by atoms with E-state index in [2.05, 4.69) is 50.9 Å². The van der Waals surface area contributed by atoms with E-state index in [1.165, 1.54) is 37.8 Å². The molecule has 0 radical (unpaired) electrons. The van der Waals surface area contributed by atoms with Gasteiger partial charge in [0.05, 0.1) is 11.6 Å². The third-order valence-corrected chi connectivity index (χ3v) is 7.61. The Hall–Kier alpha value is -3.07. The highest BCUT2D eigenvalue weighted by atomic mass is 35.5. The molecule has 1 aliphatic carbocycles. The van der Waals surface area contributed by atoms with Crippen LogP contribution in [0.2, 0.25) is 5.02 Å². The van der Waals surface area contributed by atoms with Crippen molar-refractivity contribution in [3.05, 3.63) is 77.4 Å². The largest absolute Gasteiger partial charge is 0.370 e. The second-order valence-corrected chi connectivity index (χ2v) is 10.1. The Labute approximate surface area is 213 Å². The highest BCUT2D eigenvalue weighted by molar-refractivity contribution is 6.33. The summed E-state index contributed by atoms with van der Waals surface area (Å²) in [6.07, 6.45) is 9.04. The Kier molecular flexibility index (Phi) is 7.51. The van der Waals surface area contributed by atoms with Crippen LogP contribution in [-0.2, 0) is 0 Å². The van der Waals surface area contributed by atoms with Crippen LogP contribution in [0.15, 0.2) is 66.9 Å². The SMILES string of the molecule is N#Cc1ccc(N2CCC[C@H](N[C@@H]3CCCC[C@H]3Nc3cc(-c4ccccc4Cl)ccn3)C2)cc1. The monoisotopic (exact) mass is 485 g/mol. The third-order valence-electron chi connectivity index (χ3n) is 7.28. The van der Waals surface area contributed by atoms with Gasteiger partial charge >= 0.3 is 0 Å². The molecule has 0 amide bonds. The van der Waals surface area contributed by atoms with Crippen molar-refractivity contribution in [2.45, 2.75) is 56.7 Å². The van der Waals surface area contributed by atoms with Crippen molar-refractivity contribution in [2.24, 2.45) is 0 Å². The third kappa shape index (κ3) is 5.78. The Balaban J connectivity index is 1.25. The van der Waals surface area contributed by atoms with E-state index in [0.29, 0.717) is 23.7 Å². The standard InChI is InChI=1S/C29H32ClN5/c30-26-8-2-1-7-25(26)22-15-16-32-29(18-22)34-28-10-4-3-9-27(28)33-23-6-5-17-35(20-23)24-13-11-21(19-31)12-14-24/h1-2,7-8,11-16,18,23,27-28,33H,3-6,9-10,17,20H2,(H,32,34)/t23-,27+,28+/m0/s1. The van der Waals surface area contributed by atoms with Crippen LogP contribution < -0.4 is 15.5 Å². The van der Waals surface area contributed by atoms with Gasteiger partial charge in [0.2, 0.25) is 0 Å². The zero-order chi connectivity index (χ0) is 24.0. The van der Waals surface area contributed by atoms with Gasteiger partial charge in [0.15, 0.2) is 0 Å². The molecule has 2 aliphatic rings. The summed E-state index contributed by atoms with van der Waals surface area (Å²) in [7, 11) is 0. The maximum absolute atomic E-state index is 9.09. The maximum atomic E-state index is 9.09. The molecule has 2 aromatic carbocycles. The lowest BCUT2D eigenvalue weighted by molar-refractivity contribution is 0.293. The first-order valence-electron chi connectivity index (χ1n) is 12.7. The fourth-order valence-corrected chi connectivity index (χ4v) is 5.71. The van der Waals surface area contributed by atoms with Gasteiger partial charge in [-0.2, -0.15) is 5.26 Å². The van der Waals surface area contributed by atoms with E-state index >= 15 is 0 Å². The van der Waals surface area contributed by atoms with Gasteiger partial charge in [0.1, 0.15) is 5.82 Å². The summed E-state index contributed by atoms with van der Waals surface area (Å²) in [4.78, 5) is 7.07. The van der Waals surface area contributed by atoms with Crippen LogP contribution in [0, 0.1) is 11.3 Å². The second kappa shape index (κ2) is 11.1. The number of pyridine rings is 1. The summed E-state index contributed by atoms with van der Waals surface area (Å²) in [6, 6.07) is 23.5. The number of rotatable bonds is 6. The van der Waals surface area contributed by atoms with Crippen LogP contribution in [0.25, 0.3) is 11.1 Å². The molecule has 1 saturated carbocycles. The summed E-state index contributed by atoms with van der Waals surface area (Å²) in [5.41, 5.74) is 4.03. The molecule has 6 heteroatoms. The minimum absolute atomic E-state index is 0.350. The Morgan fingerprint density at radius 2 is 1.74 bits per heavy atom. The Morgan fingerprint density at radius 3 is 2.54 bits per heavy atom. The lowest BCUT2D eigenvalue weighted by Gasteiger charge is -2.40. The number of nitriles is 1. The molecule has 0 bridgehead atoms. The second-order valence-electron chi connectivity index (χ2n) is 9.66. The fourth-order valence-electron chi connectivity index (χ4n) is 5.46. The van der Waals surface area contributed by atoms with Crippen molar-refractivity contribution in [3.8, 4) is 17.2 Å². The minimum atomic E-state index is 0.350. The molecular weight excluding hydrogens is 454 g/mol. The molecular formula is C29H32ClN5. The van der Waals surface area contributed by atoms with E-state index in [-0.39, 0.29) is 0 Å². The Bertz CT molecular complexity index is 1170. The predicted molar refractivity (Wildman–Crippen MR) is 144 cm³/mol. The number of halogens is 1. The van der Waals surface area contributed by atoms with Gasteiger partial charge < -0.3 is 15.5 Å². The zero-order valence-electron chi connectivity index (χ0n) is 20.0. The van der Waals surface area contributed by atoms with Gasteiger partial charge in [0, 0.05) is 53.7 Å². The highest BCUT2D eigenvalue weighted by Crippen LogP contribution is 2.30. The van der Waals surface area contributed by atoms with Crippen molar-refractivity contribution in [1.29, 1.82) is 5.26 Å². The molecule has 0 unspecified atom stereocenters. The fraction of sp³-hybridized carbons (Fsp3) is 0.379. The van der Waals surface area contributed by atoms with Crippen molar-refractivity contribution in [2.75, 3.05) is 23.3 Å². The summed E-state index contributed by atoms with van der Waals surface area (Å²) in [5, 5.41) is 17.6. The van der Waals surface area contributed by atoms with Crippen LogP contribution in [0.5, 0.6) is 0 Å². The van der Waals surface area contributed by atoms with Gasteiger partial charge in [-0.05, 0) is 73.7 Å². The van der Waals surface area contributed by atoms with Crippen molar-refractivity contribution < 1.29 is 0 Å². The molecule has 1 aliphatic heterocycles. The van der Waals surface area contributed by atoms with E-state index in [0.717, 1.165) is 41.5 Å². The number of hydrogen-bond acceptors (Lipinski definition) is 5. The normalized spacial score (nSPS) is 22.4. The number of nitrogens with one attached hydrogen (secondary N) is 2. The number of benzene rings is 2. The first-order chi connectivity index (χ1) is 17.2. The summed E-state index contributed by atoms with van der Waals surface area (Å²) < 4.78 is 0. The molecule has 0 spiro atoms. The smallest absolute Gasteiger partial charge is 0.126 e. The quantitative estimate of drug-likeness (QED) is 0.431. The summed E-state index contributed by atoms with van der Waals surface area (Å²) in [5.74, 6) is 0.906. The first-order valence-corrected chi connectivity index (χ1v) is 13.1. The van der Waals surface area contributed by atoms with Crippen molar-refractivity contribution >= 4 is 23.1 Å². The Morgan fingerprint density at radius 1 is 0.943 bits per heavy atom. The van der Waals surface area contributed by atoms with Gasteiger partial charge in [-0.1, -0.05) is 42.6 Å². The van der Waals surface area contributed by atoms with E-state index in [1.54, 1.807) is 0 Å². The highest BCUT2D eigenvalue weighted by Gasteiger charge is 2.29. The molecule has 1 aromatic heterocycles. The lowest BCUT2D eigenvalue weighted by atomic mass is 9.89. The van der Waals surface area contributed by atoms with E-state index in [1.807, 2.05) is 42.6 Å². The first kappa shape index (κ1) is 23.7. The molecule has 2 heterocycles. The molecule has 180 valence electrons. The maximum Gasteiger partial charge on any atom is 0.126 e. The molecule has 2 N–H and O–H groups in total. The minimum Gasteiger partial charge on any atom is -0.370 e. The van der Waals surface area contributed by atoms with Crippen LogP contribution in [-0.4, -0.2) is 36.2 Å². The summed E-state index contributed by atoms with van der Waals surface area (Å²) >= 11 is 6.44. The average molecular weight is 486 g/mol. The number of piperidine rings is 1. The molecule has 3 atom stereocenters. The van der Waals surface area contributed by atoms with Crippen LogP contribution >= 0.6 is 11.6 Å². The van der Waals surface area contributed by atoms with Crippen molar-refractivity contribution in [3.63, 3.8) is 0 Å². The number of aromatic nitrogens is 1. The predicted octanol–water partition coefficient (Wildman–Crippen LogP) is 6.26. The molecule has 3 aromatic rings.